The van der Waals surface area contributed by atoms with E-state index in [1.807, 2.05) is 0 Å². The van der Waals surface area contributed by atoms with Gasteiger partial charge in [0.05, 0.1) is 6.04 Å². The SMILES string of the molecule is CN1CC(NC(=O)c2ccc(CN3CCCC3=O)c(Oc3ccc(C(=O)NCC(F)(F)F)cc3)c2)CC1=O. The number of ether oxygens (including phenoxy) is 1. The number of likely N-dealkylation sites (N-methyl/N-ethyl adjacent to an activating group) is 1. The van der Waals surface area contributed by atoms with Crippen molar-refractivity contribution in [3.05, 3.63) is 59.2 Å². The fourth-order valence-corrected chi connectivity index (χ4v) is 4.31. The lowest BCUT2D eigenvalue weighted by Gasteiger charge is -2.19. The Balaban J connectivity index is 1.51. The van der Waals surface area contributed by atoms with E-state index < -0.39 is 18.6 Å². The van der Waals surface area contributed by atoms with E-state index in [1.54, 1.807) is 34.3 Å². The number of likely N-dealkylation sites (tertiary alicyclic amines) is 2. The second-order valence-electron chi connectivity index (χ2n) is 9.31. The number of benzene rings is 2. The molecule has 2 aromatic carbocycles. The van der Waals surface area contributed by atoms with Crippen LogP contribution in [0.1, 0.15) is 45.5 Å². The third-order valence-corrected chi connectivity index (χ3v) is 6.33. The molecule has 2 fully saturated rings. The first-order valence-corrected chi connectivity index (χ1v) is 12.1. The quantitative estimate of drug-likeness (QED) is 0.544. The number of rotatable bonds is 8. The third-order valence-electron chi connectivity index (χ3n) is 6.33. The maximum absolute atomic E-state index is 12.9. The Bertz CT molecular complexity index is 1230. The molecular formula is C26H27F3N4O5. The molecule has 2 saturated heterocycles. The first-order valence-electron chi connectivity index (χ1n) is 12.1. The summed E-state index contributed by atoms with van der Waals surface area (Å²) in [5.74, 6) is -0.707. The highest BCUT2D eigenvalue weighted by Gasteiger charge is 2.29. The predicted octanol–water partition coefficient (Wildman–Crippen LogP) is 2.85. The van der Waals surface area contributed by atoms with Gasteiger partial charge in [0.2, 0.25) is 11.8 Å². The lowest BCUT2D eigenvalue weighted by Crippen LogP contribution is -2.36. The third kappa shape index (κ3) is 6.81. The van der Waals surface area contributed by atoms with E-state index in [9.17, 15) is 32.3 Å². The maximum Gasteiger partial charge on any atom is 0.405 e. The van der Waals surface area contributed by atoms with Gasteiger partial charge in [-0.3, -0.25) is 19.2 Å². The molecule has 2 N–H and O–H groups in total. The summed E-state index contributed by atoms with van der Waals surface area (Å²) in [4.78, 5) is 52.1. The Hall–Kier alpha value is -4.09. The minimum Gasteiger partial charge on any atom is -0.457 e. The largest absolute Gasteiger partial charge is 0.457 e. The molecule has 1 atom stereocenters. The topological polar surface area (TPSA) is 108 Å². The second kappa shape index (κ2) is 11.1. The summed E-state index contributed by atoms with van der Waals surface area (Å²) in [6.07, 6.45) is -3.10. The minimum atomic E-state index is -4.52. The van der Waals surface area contributed by atoms with E-state index in [-0.39, 0.29) is 48.0 Å². The van der Waals surface area contributed by atoms with Gasteiger partial charge < -0.3 is 25.2 Å². The van der Waals surface area contributed by atoms with Gasteiger partial charge in [-0.15, -0.1) is 0 Å². The van der Waals surface area contributed by atoms with Crippen molar-refractivity contribution in [3.63, 3.8) is 0 Å². The first-order chi connectivity index (χ1) is 18.0. The van der Waals surface area contributed by atoms with Crippen molar-refractivity contribution in [1.82, 2.24) is 20.4 Å². The standard InChI is InChI=1S/C26H27F3N4O5/c1-32-14-19(12-23(32)35)31-25(37)17-4-5-18(13-33-10-2-3-22(33)34)21(11-17)38-20-8-6-16(7-9-20)24(36)30-15-26(27,28)29/h4-9,11,19H,2-3,10,12-15H2,1H3,(H,30,36)(H,31,37). The van der Waals surface area contributed by atoms with Crippen LogP contribution in [0.4, 0.5) is 13.2 Å². The molecule has 0 aromatic heterocycles. The van der Waals surface area contributed by atoms with Gasteiger partial charge in [0.15, 0.2) is 0 Å². The Kier molecular flexibility index (Phi) is 7.88. The summed E-state index contributed by atoms with van der Waals surface area (Å²) in [5.41, 5.74) is 0.968. The van der Waals surface area contributed by atoms with Gasteiger partial charge in [-0.25, -0.2) is 0 Å². The average molecular weight is 533 g/mol. The van der Waals surface area contributed by atoms with Crippen molar-refractivity contribution in [1.29, 1.82) is 0 Å². The van der Waals surface area contributed by atoms with E-state index in [0.29, 0.717) is 36.4 Å². The normalized spacial score (nSPS) is 17.6. The van der Waals surface area contributed by atoms with Crippen molar-refractivity contribution in [2.45, 2.75) is 38.0 Å². The molecule has 0 aliphatic carbocycles. The summed E-state index contributed by atoms with van der Waals surface area (Å²) in [5, 5.41) is 4.65. The highest BCUT2D eigenvalue weighted by Crippen LogP contribution is 2.29. The monoisotopic (exact) mass is 532 g/mol. The molecule has 4 amide bonds. The number of carbonyl (C=O) groups is 4. The van der Waals surface area contributed by atoms with Gasteiger partial charge in [0.25, 0.3) is 11.8 Å². The summed E-state index contributed by atoms with van der Waals surface area (Å²) >= 11 is 0. The summed E-state index contributed by atoms with van der Waals surface area (Å²) in [7, 11) is 1.67. The molecule has 38 heavy (non-hydrogen) atoms. The molecule has 2 heterocycles. The molecule has 2 aliphatic rings. The molecule has 0 radical (unpaired) electrons. The molecule has 202 valence electrons. The lowest BCUT2D eigenvalue weighted by molar-refractivity contribution is -0.128. The Morgan fingerprint density at radius 2 is 1.74 bits per heavy atom. The Morgan fingerprint density at radius 3 is 2.34 bits per heavy atom. The number of alkyl halides is 3. The number of nitrogens with one attached hydrogen (secondary N) is 2. The van der Waals surface area contributed by atoms with Crippen molar-refractivity contribution in [2.75, 3.05) is 26.7 Å². The fourth-order valence-electron chi connectivity index (χ4n) is 4.31. The van der Waals surface area contributed by atoms with Gasteiger partial charge >= 0.3 is 6.18 Å². The minimum absolute atomic E-state index is 0.0158. The molecule has 2 aliphatic heterocycles. The van der Waals surface area contributed by atoms with E-state index >= 15 is 0 Å². The Morgan fingerprint density at radius 1 is 1.03 bits per heavy atom. The van der Waals surface area contributed by atoms with Crippen LogP contribution in [0.25, 0.3) is 0 Å². The average Bonchev–Trinajstić information content (AvgIpc) is 3.41. The number of halogens is 3. The predicted molar refractivity (Wildman–Crippen MR) is 130 cm³/mol. The van der Waals surface area contributed by atoms with Crippen LogP contribution in [-0.4, -0.2) is 72.3 Å². The van der Waals surface area contributed by atoms with Gasteiger partial charge in [-0.1, -0.05) is 6.07 Å². The first kappa shape index (κ1) is 27.0. The molecule has 4 rings (SSSR count). The van der Waals surface area contributed by atoms with Gasteiger partial charge in [-0.2, -0.15) is 13.2 Å². The van der Waals surface area contributed by atoms with E-state index in [2.05, 4.69) is 5.32 Å². The molecule has 12 heteroatoms. The van der Waals surface area contributed by atoms with E-state index in [4.69, 9.17) is 4.74 Å². The van der Waals surface area contributed by atoms with Crippen molar-refractivity contribution in [3.8, 4) is 11.5 Å². The molecule has 0 saturated carbocycles. The van der Waals surface area contributed by atoms with Crippen molar-refractivity contribution >= 4 is 23.6 Å². The fraction of sp³-hybridized carbons (Fsp3) is 0.385. The highest BCUT2D eigenvalue weighted by atomic mass is 19.4. The van der Waals surface area contributed by atoms with Crippen LogP contribution in [0.2, 0.25) is 0 Å². The zero-order chi connectivity index (χ0) is 27.4. The number of carbonyl (C=O) groups excluding carboxylic acids is 4. The number of hydrogen-bond acceptors (Lipinski definition) is 5. The maximum atomic E-state index is 12.9. The van der Waals surface area contributed by atoms with E-state index in [1.165, 1.54) is 30.3 Å². The molecule has 0 bridgehead atoms. The molecular weight excluding hydrogens is 505 g/mol. The van der Waals surface area contributed by atoms with Crippen LogP contribution in [0.15, 0.2) is 42.5 Å². The van der Waals surface area contributed by atoms with Crippen LogP contribution in [0, 0.1) is 0 Å². The van der Waals surface area contributed by atoms with Crippen LogP contribution in [0.3, 0.4) is 0 Å². The van der Waals surface area contributed by atoms with E-state index in [0.717, 1.165) is 6.42 Å². The smallest absolute Gasteiger partial charge is 0.405 e. The van der Waals surface area contributed by atoms with Crippen molar-refractivity contribution < 1.29 is 37.1 Å². The van der Waals surface area contributed by atoms with Gasteiger partial charge in [0.1, 0.15) is 18.0 Å². The summed E-state index contributed by atoms with van der Waals surface area (Å²) in [6.45, 7) is -0.157. The molecule has 9 nitrogen and oxygen atoms in total. The Labute approximate surface area is 216 Å². The lowest BCUT2D eigenvalue weighted by atomic mass is 10.1. The van der Waals surface area contributed by atoms with Crippen LogP contribution < -0.4 is 15.4 Å². The summed E-state index contributed by atoms with van der Waals surface area (Å²) in [6, 6.07) is 10.1. The molecule has 1 unspecified atom stereocenters. The second-order valence-corrected chi connectivity index (χ2v) is 9.31. The molecule has 0 spiro atoms. The van der Waals surface area contributed by atoms with Crippen molar-refractivity contribution in [2.24, 2.45) is 0 Å². The van der Waals surface area contributed by atoms with Crippen LogP contribution in [-0.2, 0) is 16.1 Å². The highest BCUT2D eigenvalue weighted by molar-refractivity contribution is 5.96. The van der Waals surface area contributed by atoms with Crippen LogP contribution in [0.5, 0.6) is 11.5 Å². The van der Waals surface area contributed by atoms with Gasteiger partial charge in [-0.05, 0) is 42.8 Å². The van der Waals surface area contributed by atoms with Gasteiger partial charge in [0, 0.05) is 56.2 Å². The molecule has 2 aromatic rings. The zero-order valence-corrected chi connectivity index (χ0v) is 20.6. The summed E-state index contributed by atoms with van der Waals surface area (Å²) < 4.78 is 43.1. The number of amides is 4. The zero-order valence-electron chi connectivity index (χ0n) is 20.6. The van der Waals surface area contributed by atoms with Crippen LogP contribution >= 0.6 is 0 Å². The number of hydrogen-bond donors (Lipinski definition) is 2. The number of nitrogens with zero attached hydrogens (tertiary/aromatic N) is 2.